The molecule has 0 aliphatic heterocycles. The normalized spacial score (nSPS) is 19.7. The second-order valence-corrected chi connectivity index (χ2v) is 9.72. The van der Waals surface area contributed by atoms with Crippen molar-refractivity contribution in [2.45, 2.75) is 58.7 Å². The van der Waals surface area contributed by atoms with E-state index in [9.17, 15) is 9.59 Å². The molecule has 2 aliphatic carbocycles. The van der Waals surface area contributed by atoms with Crippen LogP contribution in [0.3, 0.4) is 0 Å². The van der Waals surface area contributed by atoms with Crippen LogP contribution in [0, 0.1) is 18.3 Å². The number of hydrogen-bond acceptors (Lipinski definition) is 4. The van der Waals surface area contributed by atoms with E-state index >= 15 is 0 Å². The van der Waals surface area contributed by atoms with Gasteiger partial charge in [-0.25, -0.2) is 4.57 Å². The number of para-hydroxylation sites is 1. The summed E-state index contributed by atoms with van der Waals surface area (Å²) in [5, 5.41) is 1.05. The highest BCUT2D eigenvalue weighted by atomic mass is 16.5. The smallest absolute Gasteiger partial charge is 0.316 e. The van der Waals surface area contributed by atoms with Crippen LogP contribution in [0.25, 0.3) is 10.9 Å². The molecule has 2 N–H and O–H groups in total. The summed E-state index contributed by atoms with van der Waals surface area (Å²) >= 11 is 0. The number of aromatic nitrogens is 3. The Morgan fingerprint density at radius 2 is 2.03 bits per heavy atom. The number of rotatable bonds is 6. The van der Waals surface area contributed by atoms with Gasteiger partial charge in [0.2, 0.25) is 6.73 Å². The van der Waals surface area contributed by atoms with Gasteiger partial charge in [0.25, 0.3) is 5.82 Å². The molecule has 2 aromatic heterocycles. The van der Waals surface area contributed by atoms with Gasteiger partial charge in [-0.3, -0.25) is 9.59 Å². The zero-order valence-electron chi connectivity index (χ0n) is 19.5. The van der Waals surface area contributed by atoms with E-state index in [0.29, 0.717) is 13.1 Å². The van der Waals surface area contributed by atoms with Crippen molar-refractivity contribution in [3.8, 4) is 0 Å². The van der Waals surface area contributed by atoms with Crippen molar-refractivity contribution in [1.82, 2.24) is 9.13 Å². The standard InChI is InChI=1S/C26H33N4O3/c1-18-29(13-14-30(18)17-33-25(32)26(16-27)11-5-6-12-26)15-19-9-10-22-23(24(19)31)20-7-3-4-8-21(20)28(22)2/h3-4,7-8,13-14,19H,5-6,9-12,15-17,27H2,1-2H3/q+1. The number of ether oxygens (including phenoxy) is 1. The van der Waals surface area contributed by atoms with Crippen molar-refractivity contribution < 1.29 is 18.9 Å². The number of carbonyl (C=O) groups excluding carboxylic acids is 2. The molecule has 7 nitrogen and oxygen atoms in total. The van der Waals surface area contributed by atoms with Crippen molar-refractivity contribution in [3.63, 3.8) is 0 Å². The first-order valence-electron chi connectivity index (χ1n) is 12.0. The number of esters is 1. The number of ketones is 1. The number of benzene rings is 1. The molecule has 0 bridgehead atoms. The van der Waals surface area contributed by atoms with E-state index in [0.717, 1.165) is 66.5 Å². The Balaban J connectivity index is 1.30. The number of Topliss-reactive ketones (excluding diaryl/α,β-unsaturated/α-hetero) is 1. The van der Waals surface area contributed by atoms with Crippen LogP contribution in [0.15, 0.2) is 36.7 Å². The molecule has 174 valence electrons. The predicted octanol–water partition coefficient (Wildman–Crippen LogP) is 3.04. The Hall–Kier alpha value is -2.93. The molecule has 1 aromatic carbocycles. The van der Waals surface area contributed by atoms with E-state index < -0.39 is 5.41 Å². The highest BCUT2D eigenvalue weighted by Crippen LogP contribution is 2.38. The lowest BCUT2D eigenvalue weighted by atomic mass is 9.85. The lowest BCUT2D eigenvalue weighted by Gasteiger charge is -2.24. The third-order valence-electron chi connectivity index (χ3n) is 7.97. The van der Waals surface area contributed by atoms with Crippen molar-refractivity contribution in [3.05, 3.63) is 53.7 Å². The molecule has 1 unspecified atom stereocenters. The average Bonchev–Trinajstić information content (AvgIpc) is 3.53. The van der Waals surface area contributed by atoms with E-state index in [4.69, 9.17) is 10.5 Å². The lowest BCUT2D eigenvalue weighted by molar-refractivity contribution is -0.732. The summed E-state index contributed by atoms with van der Waals surface area (Å²) < 4.78 is 11.9. The number of hydrogen-bond donors (Lipinski definition) is 1. The molecule has 5 rings (SSSR count). The summed E-state index contributed by atoms with van der Waals surface area (Å²) in [6.45, 7) is 3.14. The van der Waals surface area contributed by atoms with Gasteiger partial charge in [-0.05, 0) is 31.7 Å². The minimum atomic E-state index is -0.512. The molecule has 1 atom stereocenters. The number of carbonyl (C=O) groups is 2. The average molecular weight is 450 g/mol. The fourth-order valence-corrected chi connectivity index (χ4v) is 5.77. The minimum Gasteiger partial charge on any atom is -0.424 e. The van der Waals surface area contributed by atoms with Crippen LogP contribution in [0.2, 0.25) is 0 Å². The first-order chi connectivity index (χ1) is 15.9. The largest absolute Gasteiger partial charge is 0.424 e. The Labute approximate surface area is 194 Å². The molecule has 3 aromatic rings. The monoisotopic (exact) mass is 449 g/mol. The van der Waals surface area contributed by atoms with Gasteiger partial charge >= 0.3 is 5.97 Å². The Morgan fingerprint density at radius 3 is 2.79 bits per heavy atom. The second kappa shape index (κ2) is 8.45. The predicted molar refractivity (Wildman–Crippen MR) is 124 cm³/mol. The molecular weight excluding hydrogens is 416 g/mol. The van der Waals surface area contributed by atoms with Crippen LogP contribution < -0.4 is 10.3 Å². The van der Waals surface area contributed by atoms with Crippen LogP contribution >= 0.6 is 0 Å². The van der Waals surface area contributed by atoms with E-state index in [-0.39, 0.29) is 24.4 Å². The molecule has 1 saturated carbocycles. The quantitative estimate of drug-likeness (QED) is 0.463. The maximum Gasteiger partial charge on any atom is 0.316 e. The van der Waals surface area contributed by atoms with Gasteiger partial charge in [0.05, 0.1) is 11.3 Å². The van der Waals surface area contributed by atoms with Crippen LogP contribution in [0.5, 0.6) is 0 Å². The van der Waals surface area contributed by atoms with Crippen molar-refractivity contribution in [1.29, 1.82) is 0 Å². The number of nitrogens with zero attached hydrogens (tertiary/aromatic N) is 3. The fourth-order valence-electron chi connectivity index (χ4n) is 5.77. The molecule has 0 amide bonds. The molecule has 2 aliphatic rings. The number of fused-ring (bicyclic) bond motifs is 3. The van der Waals surface area contributed by atoms with Gasteiger partial charge in [-0.1, -0.05) is 31.0 Å². The number of nitrogens with two attached hydrogens (primary N) is 1. The minimum absolute atomic E-state index is 0.0654. The summed E-state index contributed by atoms with van der Waals surface area (Å²) in [6, 6.07) is 8.15. The van der Waals surface area contributed by atoms with Crippen molar-refractivity contribution in [2.75, 3.05) is 6.54 Å². The third-order valence-corrected chi connectivity index (χ3v) is 7.97. The summed E-state index contributed by atoms with van der Waals surface area (Å²) in [5.41, 5.74) is 8.55. The Bertz CT molecular complexity index is 1220. The Morgan fingerprint density at radius 1 is 1.27 bits per heavy atom. The number of imidazole rings is 1. The molecule has 7 heteroatoms. The van der Waals surface area contributed by atoms with Crippen LogP contribution in [-0.4, -0.2) is 27.4 Å². The lowest BCUT2D eigenvalue weighted by Crippen LogP contribution is -2.43. The second-order valence-electron chi connectivity index (χ2n) is 9.72. The fraction of sp³-hybridized carbons (Fsp3) is 0.500. The van der Waals surface area contributed by atoms with Crippen molar-refractivity contribution in [2.24, 2.45) is 24.1 Å². The highest BCUT2D eigenvalue weighted by molar-refractivity contribution is 6.11. The first kappa shape index (κ1) is 21.9. The van der Waals surface area contributed by atoms with Gasteiger partial charge in [0.1, 0.15) is 18.9 Å². The summed E-state index contributed by atoms with van der Waals surface area (Å²) in [5.74, 6) is 0.940. The van der Waals surface area contributed by atoms with E-state index in [2.05, 4.69) is 28.3 Å². The summed E-state index contributed by atoms with van der Waals surface area (Å²) in [6.07, 6.45) is 9.31. The first-order valence-corrected chi connectivity index (χ1v) is 12.0. The summed E-state index contributed by atoms with van der Waals surface area (Å²) in [7, 11) is 2.05. The Kier molecular flexibility index (Phi) is 5.60. The molecule has 2 heterocycles. The molecule has 1 fully saturated rings. The van der Waals surface area contributed by atoms with Gasteiger partial charge in [0.15, 0.2) is 5.78 Å². The number of aryl methyl sites for hydroxylation is 1. The topological polar surface area (TPSA) is 83.1 Å². The van der Waals surface area contributed by atoms with Crippen LogP contribution in [0.4, 0.5) is 0 Å². The van der Waals surface area contributed by atoms with Gasteiger partial charge < -0.3 is 15.0 Å². The highest BCUT2D eigenvalue weighted by Gasteiger charge is 2.41. The van der Waals surface area contributed by atoms with Gasteiger partial charge in [0, 0.05) is 42.7 Å². The van der Waals surface area contributed by atoms with Crippen molar-refractivity contribution >= 4 is 22.7 Å². The third kappa shape index (κ3) is 3.59. The molecular formula is C26H33N4O3+. The molecule has 0 saturated heterocycles. The zero-order valence-corrected chi connectivity index (χ0v) is 19.5. The molecule has 33 heavy (non-hydrogen) atoms. The van der Waals surface area contributed by atoms with Crippen LogP contribution in [-0.2, 0) is 36.3 Å². The van der Waals surface area contributed by atoms with Crippen LogP contribution in [0.1, 0.15) is 54.0 Å². The van der Waals surface area contributed by atoms with E-state index in [1.807, 2.05) is 36.0 Å². The van der Waals surface area contributed by atoms with E-state index in [1.165, 1.54) is 0 Å². The maximum atomic E-state index is 13.5. The van der Waals surface area contributed by atoms with Gasteiger partial charge in [-0.2, -0.15) is 4.57 Å². The maximum absolute atomic E-state index is 13.5. The van der Waals surface area contributed by atoms with Gasteiger partial charge in [-0.15, -0.1) is 0 Å². The molecule has 0 radical (unpaired) electrons. The van der Waals surface area contributed by atoms with E-state index in [1.54, 1.807) is 0 Å². The summed E-state index contributed by atoms with van der Waals surface area (Å²) in [4.78, 5) is 26.2. The molecule has 0 spiro atoms. The SMILES string of the molecule is Cc1n(CC2CCc3c(c4ccccc4n3C)C2=O)cc[n+]1COC(=O)C1(CN)CCCC1. The zero-order chi connectivity index (χ0) is 23.2.